The van der Waals surface area contributed by atoms with Crippen LogP contribution < -0.4 is 16.4 Å². The van der Waals surface area contributed by atoms with Gasteiger partial charge in [-0.1, -0.05) is 62.7 Å². The highest BCUT2D eigenvalue weighted by Crippen LogP contribution is 2.29. The topological polar surface area (TPSA) is 79.5 Å². The van der Waals surface area contributed by atoms with Gasteiger partial charge in [0.1, 0.15) is 5.84 Å². The van der Waals surface area contributed by atoms with Gasteiger partial charge in [0.25, 0.3) is 0 Å². The standard InChI is InChI=1S/C25H31ClN4O/c1-16-12-13-18(14-20(16)26)28-23(15-22(27)25(2,3)4)30-24(31)29-21-11-7-9-17-8-5-6-10-19(17)21/h5-6,8,10,12-15,21H,7,9,11,27H2,1-4H3,(H2,28,29,30,31)/b22-15-. The molecule has 0 saturated heterocycles. The van der Waals surface area contributed by atoms with Crippen molar-refractivity contribution in [1.82, 2.24) is 10.6 Å². The average Bonchev–Trinajstić information content (AvgIpc) is 2.70. The van der Waals surface area contributed by atoms with Gasteiger partial charge in [0.2, 0.25) is 0 Å². The molecule has 2 amide bonds. The SMILES string of the molecule is Cc1ccc(N=C(/C=C(\N)C(C)(C)C)NC(=O)NC2CCCc3ccccc32)cc1Cl. The molecule has 0 radical (unpaired) electrons. The highest BCUT2D eigenvalue weighted by atomic mass is 35.5. The number of nitrogens with zero attached hydrogens (tertiary/aromatic N) is 1. The Hall–Kier alpha value is -2.79. The number of amides is 2. The number of aliphatic imine (C=N–C) groups is 1. The Morgan fingerprint density at radius 2 is 1.97 bits per heavy atom. The van der Waals surface area contributed by atoms with Crippen molar-refractivity contribution in [2.24, 2.45) is 16.1 Å². The number of carbonyl (C=O) groups excluding carboxylic acids is 1. The van der Waals surface area contributed by atoms with Gasteiger partial charge in [-0.05, 0) is 55.0 Å². The zero-order valence-corrected chi connectivity index (χ0v) is 19.4. The summed E-state index contributed by atoms with van der Waals surface area (Å²) in [7, 11) is 0. The molecular formula is C25H31ClN4O. The van der Waals surface area contributed by atoms with Crippen LogP contribution in [0.1, 0.15) is 56.3 Å². The number of halogens is 1. The molecule has 31 heavy (non-hydrogen) atoms. The Labute approximate surface area is 189 Å². The smallest absolute Gasteiger partial charge is 0.320 e. The van der Waals surface area contributed by atoms with E-state index < -0.39 is 0 Å². The molecule has 0 bridgehead atoms. The van der Waals surface area contributed by atoms with Crippen molar-refractivity contribution in [3.63, 3.8) is 0 Å². The molecule has 1 unspecified atom stereocenters. The van der Waals surface area contributed by atoms with E-state index in [1.165, 1.54) is 11.1 Å². The lowest BCUT2D eigenvalue weighted by atomic mass is 9.88. The van der Waals surface area contributed by atoms with Crippen molar-refractivity contribution in [2.45, 2.75) is 53.0 Å². The third-order valence-electron chi connectivity index (χ3n) is 5.48. The third-order valence-corrected chi connectivity index (χ3v) is 5.89. The highest BCUT2D eigenvalue weighted by molar-refractivity contribution is 6.31. The maximum absolute atomic E-state index is 12.9. The van der Waals surface area contributed by atoms with Crippen molar-refractivity contribution >= 4 is 29.2 Å². The molecule has 0 aromatic heterocycles. The number of hydrogen-bond donors (Lipinski definition) is 3. The quantitative estimate of drug-likeness (QED) is 0.409. The molecule has 0 heterocycles. The molecule has 2 aromatic carbocycles. The highest BCUT2D eigenvalue weighted by Gasteiger charge is 2.22. The molecule has 164 valence electrons. The molecule has 0 aliphatic heterocycles. The predicted molar refractivity (Wildman–Crippen MR) is 129 cm³/mol. The second-order valence-corrected chi connectivity index (χ2v) is 9.43. The van der Waals surface area contributed by atoms with E-state index in [1.807, 2.05) is 52.0 Å². The van der Waals surface area contributed by atoms with Crippen molar-refractivity contribution in [3.8, 4) is 0 Å². The number of benzene rings is 2. The van der Waals surface area contributed by atoms with Crippen LogP contribution in [0.15, 0.2) is 59.2 Å². The number of amidine groups is 1. The van der Waals surface area contributed by atoms with Crippen LogP contribution in [0.2, 0.25) is 5.02 Å². The molecule has 3 rings (SSSR count). The lowest BCUT2D eigenvalue weighted by Gasteiger charge is -2.26. The van der Waals surface area contributed by atoms with Crippen molar-refractivity contribution in [2.75, 3.05) is 0 Å². The molecule has 0 spiro atoms. The van der Waals surface area contributed by atoms with Gasteiger partial charge in [0.15, 0.2) is 0 Å². The molecule has 0 saturated carbocycles. The number of nitrogens with two attached hydrogens (primary N) is 1. The summed E-state index contributed by atoms with van der Waals surface area (Å²) in [5.41, 5.74) is 10.7. The molecular weight excluding hydrogens is 408 g/mol. The molecule has 1 aliphatic carbocycles. The third kappa shape index (κ3) is 6.11. The van der Waals surface area contributed by atoms with E-state index in [0.717, 1.165) is 24.8 Å². The van der Waals surface area contributed by atoms with Crippen LogP contribution in [-0.2, 0) is 6.42 Å². The van der Waals surface area contributed by atoms with Gasteiger partial charge in [-0.2, -0.15) is 0 Å². The van der Waals surface area contributed by atoms with Crippen LogP contribution in [0.5, 0.6) is 0 Å². The molecule has 1 aliphatic rings. The summed E-state index contributed by atoms with van der Waals surface area (Å²) in [4.78, 5) is 17.5. The summed E-state index contributed by atoms with van der Waals surface area (Å²) in [5.74, 6) is 0.369. The van der Waals surface area contributed by atoms with Crippen molar-refractivity contribution in [3.05, 3.63) is 76.0 Å². The molecule has 0 fully saturated rings. The minimum Gasteiger partial charge on any atom is -0.401 e. The number of aryl methyl sites for hydroxylation is 2. The van der Waals surface area contributed by atoms with Crippen LogP contribution in [0, 0.1) is 12.3 Å². The zero-order chi connectivity index (χ0) is 22.6. The molecule has 4 N–H and O–H groups in total. The minimum absolute atomic E-state index is 0.0241. The van der Waals surface area contributed by atoms with Crippen LogP contribution in [-0.4, -0.2) is 11.9 Å². The maximum Gasteiger partial charge on any atom is 0.320 e. The Kier molecular flexibility index (Phi) is 7.06. The van der Waals surface area contributed by atoms with Crippen LogP contribution >= 0.6 is 11.6 Å². The van der Waals surface area contributed by atoms with Gasteiger partial charge in [-0.3, -0.25) is 5.32 Å². The van der Waals surface area contributed by atoms with E-state index in [0.29, 0.717) is 22.2 Å². The monoisotopic (exact) mass is 438 g/mol. The lowest BCUT2D eigenvalue weighted by Crippen LogP contribution is -2.42. The second kappa shape index (κ2) is 9.56. The Bertz CT molecular complexity index is 1020. The van der Waals surface area contributed by atoms with Gasteiger partial charge >= 0.3 is 6.03 Å². The Morgan fingerprint density at radius 1 is 1.23 bits per heavy atom. The van der Waals surface area contributed by atoms with Crippen LogP contribution in [0.4, 0.5) is 10.5 Å². The maximum atomic E-state index is 12.9. The number of urea groups is 1. The number of rotatable bonds is 3. The van der Waals surface area contributed by atoms with Crippen LogP contribution in [0.3, 0.4) is 0 Å². The van der Waals surface area contributed by atoms with E-state index in [1.54, 1.807) is 12.1 Å². The minimum atomic E-state index is -0.309. The van der Waals surface area contributed by atoms with Gasteiger partial charge in [-0.15, -0.1) is 0 Å². The zero-order valence-electron chi connectivity index (χ0n) is 18.6. The summed E-state index contributed by atoms with van der Waals surface area (Å²) in [6.45, 7) is 7.97. The first kappa shape index (κ1) is 22.9. The summed E-state index contributed by atoms with van der Waals surface area (Å²) in [5, 5.41) is 6.60. The summed E-state index contributed by atoms with van der Waals surface area (Å²) in [6, 6.07) is 13.5. The fourth-order valence-electron chi connectivity index (χ4n) is 3.47. The molecule has 1 atom stereocenters. The first-order valence-corrected chi connectivity index (χ1v) is 11.0. The molecule has 5 nitrogen and oxygen atoms in total. The fourth-order valence-corrected chi connectivity index (χ4v) is 3.64. The van der Waals surface area contributed by atoms with E-state index in [4.69, 9.17) is 17.3 Å². The number of allylic oxidation sites excluding steroid dienone is 1. The predicted octanol–water partition coefficient (Wildman–Crippen LogP) is 5.94. The van der Waals surface area contributed by atoms with Gasteiger partial charge in [0, 0.05) is 22.2 Å². The normalized spacial score (nSPS) is 17.1. The number of nitrogens with one attached hydrogen (secondary N) is 2. The first-order chi connectivity index (χ1) is 14.6. The largest absolute Gasteiger partial charge is 0.401 e. The second-order valence-electron chi connectivity index (χ2n) is 9.02. The molecule has 6 heteroatoms. The van der Waals surface area contributed by atoms with E-state index in [-0.39, 0.29) is 17.5 Å². The van der Waals surface area contributed by atoms with Crippen molar-refractivity contribution in [1.29, 1.82) is 0 Å². The first-order valence-electron chi connectivity index (χ1n) is 10.6. The van der Waals surface area contributed by atoms with Crippen LogP contribution in [0.25, 0.3) is 0 Å². The number of hydrogen-bond acceptors (Lipinski definition) is 3. The summed E-state index contributed by atoms with van der Waals surface area (Å²) >= 11 is 6.25. The Morgan fingerprint density at radius 3 is 2.68 bits per heavy atom. The average molecular weight is 439 g/mol. The summed E-state index contributed by atoms with van der Waals surface area (Å²) < 4.78 is 0. The van der Waals surface area contributed by atoms with Crippen molar-refractivity contribution < 1.29 is 4.79 Å². The number of fused-ring (bicyclic) bond motifs is 1. The molecule has 2 aromatic rings. The number of carbonyl (C=O) groups is 1. The van der Waals surface area contributed by atoms with Gasteiger partial charge in [-0.25, -0.2) is 9.79 Å². The fraction of sp³-hybridized carbons (Fsp3) is 0.360. The van der Waals surface area contributed by atoms with Gasteiger partial charge < -0.3 is 11.1 Å². The summed E-state index contributed by atoms with van der Waals surface area (Å²) in [6.07, 6.45) is 4.70. The Balaban J connectivity index is 1.84. The van der Waals surface area contributed by atoms with E-state index in [2.05, 4.69) is 27.8 Å². The van der Waals surface area contributed by atoms with Gasteiger partial charge in [0.05, 0.1) is 11.7 Å². The van der Waals surface area contributed by atoms with E-state index >= 15 is 0 Å². The lowest BCUT2D eigenvalue weighted by molar-refractivity contribution is 0.240. The van der Waals surface area contributed by atoms with E-state index in [9.17, 15) is 4.79 Å².